The minimum Gasteiger partial charge on any atom is -0.481 e. The molecule has 0 spiro atoms. The quantitative estimate of drug-likeness (QED) is 0.346. The molecule has 0 saturated heterocycles. The lowest BCUT2D eigenvalue weighted by molar-refractivity contribution is -0.135. The van der Waals surface area contributed by atoms with Gasteiger partial charge in [-0.25, -0.2) is 0 Å². The van der Waals surface area contributed by atoms with Gasteiger partial charge < -0.3 is 10.2 Å². The van der Waals surface area contributed by atoms with Crippen LogP contribution in [0.15, 0.2) is 0 Å². The van der Waals surface area contributed by atoms with Gasteiger partial charge >= 0.3 is 0 Å². The average Bonchev–Trinajstić information content (AvgIpc) is 1.84. The molecule has 0 fully saturated rings. The Bertz CT molecular complexity index is 116. The van der Waals surface area contributed by atoms with Crippen molar-refractivity contribution in [1.29, 1.82) is 0 Å². The van der Waals surface area contributed by atoms with Crippen LogP contribution in [0.4, 0.5) is 0 Å². The van der Waals surface area contributed by atoms with E-state index in [1.807, 2.05) is 13.8 Å². The van der Waals surface area contributed by atoms with Gasteiger partial charge in [0.15, 0.2) is 0 Å². The molecule has 0 saturated carbocycles. The second-order valence-corrected chi connectivity index (χ2v) is 2.36. The largest absolute Gasteiger partial charge is 0.481 e. The molecule has 0 aliphatic carbocycles. The smallest absolute Gasteiger partial charge is 0.300 e. The van der Waals surface area contributed by atoms with Gasteiger partial charge in [0.05, 0.1) is 0 Å². The van der Waals surface area contributed by atoms with E-state index in [1.54, 1.807) is 0 Å². The number of carbonyl (C=O) groups is 2. The van der Waals surface area contributed by atoms with Crippen LogP contribution in [-0.4, -0.2) is 28.2 Å². The van der Waals surface area contributed by atoms with Crippen LogP contribution >= 0.6 is 0 Å². The SMILES string of the molecule is CC(=O)O.CC(=O)O.CC(C)NN. The van der Waals surface area contributed by atoms with Gasteiger partial charge in [0, 0.05) is 19.9 Å². The predicted molar refractivity (Wildman–Crippen MR) is 49.1 cm³/mol. The number of nitrogens with two attached hydrogens (primary N) is 1. The lowest BCUT2D eigenvalue weighted by Gasteiger charge is -1.95. The summed E-state index contributed by atoms with van der Waals surface area (Å²) in [5.74, 6) is 3.25. The second-order valence-electron chi connectivity index (χ2n) is 2.36. The highest BCUT2D eigenvalue weighted by atomic mass is 16.4. The molecule has 0 aromatic heterocycles. The van der Waals surface area contributed by atoms with E-state index in [-0.39, 0.29) is 0 Å². The molecular weight excluding hydrogens is 176 g/mol. The Balaban J connectivity index is -0.000000117. The van der Waals surface area contributed by atoms with Gasteiger partial charge in [-0.1, -0.05) is 0 Å². The highest BCUT2D eigenvalue weighted by Gasteiger charge is 1.77. The molecule has 0 atom stereocenters. The van der Waals surface area contributed by atoms with Gasteiger partial charge in [-0.15, -0.1) is 0 Å². The molecule has 0 aliphatic rings. The van der Waals surface area contributed by atoms with Crippen molar-refractivity contribution in [3.8, 4) is 0 Å². The summed E-state index contributed by atoms with van der Waals surface area (Å²) in [6.45, 7) is 6.14. The Labute approximate surface area is 77.7 Å². The van der Waals surface area contributed by atoms with E-state index in [4.69, 9.17) is 25.6 Å². The average molecular weight is 194 g/mol. The van der Waals surface area contributed by atoms with Crippen molar-refractivity contribution in [2.24, 2.45) is 5.84 Å². The molecule has 0 aliphatic heterocycles. The molecule has 0 amide bonds. The van der Waals surface area contributed by atoms with Gasteiger partial charge in [-0.05, 0) is 13.8 Å². The van der Waals surface area contributed by atoms with Crippen molar-refractivity contribution in [2.75, 3.05) is 0 Å². The Hall–Kier alpha value is -1.14. The number of nitrogens with one attached hydrogen (secondary N) is 1. The Kier molecular flexibility index (Phi) is 18.4. The first kappa shape index (κ1) is 17.8. The number of aliphatic carboxylic acids is 2. The summed E-state index contributed by atoms with van der Waals surface area (Å²) in [6, 6.07) is 0.412. The van der Waals surface area contributed by atoms with Crippen LogP contribution < -0.4 is 11.3 Å². The highest BCUT2D eigenvalue weighted by molar-refractivity contribution is 5.63. The van der Waals surface area contributed by atoms with Crippen molar-refractivity contribution < 1.29 is 19.8 Å². The third-order valence-corrected chi connectivity index (χ3v) is 0.333. The molecule has 0 heterocycles. The maximum atomic E-state index is 9.00. The maximum absolute atomic E-state index is 9.00. The number of rotatable bonds is 1. The van der Waals surface area contributed by atoms with E-state index >= 15 is 0 Å². The van der Waals surface area contributed by atoms with Crippen molar-refractivity contribution >= 4 is 11.9 Å². The molecule has 80 valence electrons. The Morgan fingerprint density at radius 1 is 1.15 bits per heavy atom. The summed E-state index contributed by atoms with van der Waals surface area (Å²) in [6.07, 6.45) is 0. The van der Waals surface area contributed by atoms with Gasteiger partial charge in [0.2, 0.25) is 0 Å². The molecule has 6 nitrogen and oxygen atoms in total. The van der Waals surface area contributed by atoms with Crippen LogP contribution in [0.3, 0.4) is 0 Å². The van der Waals surface area contributed by atoms with Gasteiger partial charge in [-0.3, -0.25) is 20.9 Å². The molecule has 0 bridgehead atoms. The third kappa shape index (κ3) is 1150. The summed E-state index contributed by atoms with van der Waals surface area (Å²) >= 11 is 0. The number of hydrogen-bond acceptors (Lipinski definition) is 4. The van der Waals surface area contributed by atoms with Crippen LogP contribution in [0.5, 0.6) is 0 Å². The summed E-state index contributed by atoms with van der Waals surface area (Å²) in [7, 11) is 0. The normalized spacial score (nSPS) is 7.54. The lowest BCUT2D eigenvalue weighted by atomic mass is 10.4. The van der Waals surface area contributed by atoms with E-state index in [9.17, 15) is 0 Å². The second kappa shape index (κ2) is 13.4. The highest BCUT2D eigenvalue weighted by Crippen LogP contribution is 1.64. The first-order valence-electron chi connectivity index (χ1n) is 3.59. The summed E-state index contributed by atoms with van der Waals surface area (Å²) in [5, 5.41) is 14.8. The number of hydrazine groups is 1. The Morgan fingerprint density at radius 2 is 1.23 bits per heavy atom. The van der Waals surface area contributed by atoms with E-state index < -0.39 is 11.9 Å². The fraction of sp³-hybridized carbons (Fsp3) is 0.714. The van der Waals surface area contributed by atoms with Crippen LogP contribution in [0.2, 0.25) is 0 Å². The van der Waals surface area contributed by atoms with E-state index in [0.717, 1.165) is 13.8 Å². The van der Waals surface area contributed by atoms with E-state index in [2.05, 4.69) is 5.43 Å². The van der Waals surface area contributed by atoms with Crippen molar-refractivity contribution in [1.82, 2.24) is 5.43 Å². The van der Waals surface area contributed by atoms with Gasteiger partial charge in [-0.2, -0.15) is 0 Å². The van der Waals surface area contributed by atoms with E-state index in [0.29, 0.717) is 6.04 Å². The summed E-state index contributed by atoms with van der Waals surface area (Å²) in [4.78, 5) is 18.0. The summed E-state index contributed by atoms with van der Waals surface area (Å²) in [5.41, 5.74) is 2.53. The molecule has 13 heavy (non-hydrogen) atoms. The van der Waals surface area contributed by atoms with E-state index in [1.165, 1.54) is 0 Å². The number of carboxylic acid groups (broad SMARTS) is 2. The molecule has 0 aromatic rings. The van der Waals surface area contributed by atoms with Gasteiger partial charge in [0.25, 0.3) is 11.9 Å². The Morgan fingerprint density at radius 3 is 1.23 bits per heavy atom. The zero-order valence-corrected chi connectivity index (χ0v) is 8.37. The van der Waals surface area contributed by atoms with Gasteiger partial charge in [0.1, 0.15) is 0 Å². The zero-order chi connectivity index (χ0) is 11.4. The van der Waals surface area contributed by atoms with Crippen LogP contribution in [0.25, 0.3) is 0 Å². The molecule has 0 rings (SSSR count). The standard InChI is InChI=1S/C3H10N2.2C2H4O2/c1-3(2)5-4;2*1-2(3)4/h3,5H,4H2,1-2H3;2*1H3,(H,3,4). The fourth-order valence-corrected chi connectivity index (χ4v) is 0. The topological polar surface area (TPSA) is 113 Å². The minimum absolute atomic E-state index is 0.412. The lowest BCUT2D eigenvalue weighted by Crippen LogP contribution is -2.29. The molecule has 0 radical (unpaired) electrons. The first-order valence-corrected chi connectivity index (χ1v) is 3.59. The number of hydrogen-bond donors (Lipinski definition) is 4. The van der Waals surface area contributed by atoms with Crippen molar-refractivity contribution in [2.45, 2.75) is 33.7 Å². The zero-order valence-electron chi connectivity index (χ0n) is 8.37. The monoisotopic (exact) mass is 194 g/mol. The number of carboxylic acids is 2. The van der Waals surface area contributed by atoms with Crippen molar-refractivity contribution in [3.63, 3.8) is 0 Å². The molecule has 0 aromatic carbocycles. The minimum atomic E-state index is -0.833. The third-order valence-electron chi connectivity index (χ3n) is 0.333. The molecule has 5 N–H and O–H groups in total. The first-order chi connectivity index (χ1) is 5.73. The maximum Gasteiger partial charge on any atom is 0.300 e. The summed E-state index contributed by atoms with van der Waals surface area (Å²) < 4.78 is 0. The predicted octanol–water partition coefficient (Wildman–Crippen LogP) is 0.0399. The van der Waals surface area contributed by atoms with Crippen LogP contribution in [0, 0.1) is 0 Å². The van der Waals surface area contributed by atoms with Crippen molar-refractivity contribution in [3.05, 3.63) is 0 Å². The molecule has 0 unspecified atom stereocenters. The molecule has 6 heteroatoms. The fourth-order valence-electron chi connectivity index (χ4n) is 0. The molecular formula is C7H18N2O4. The van der Waals surface area contributed by atoms with Crippen LogP contribution in [0.1, 0.15) is 27.7 Å². The van der Waals surface area contributed by atoms with Crippen LogP contribution in [-0.2, 0) is 9.59 Å².